The molecule has 8 nitrogen and oxygen atoms in total. The molecule has 0 radical (unpaired) electrons. The van der Waals surface area contributed by atoms with Crippen molar-refractivity contribution in [2.24, 2.45) is 0 Å². The predicted octanol–water partition coefficient (Wildman–Crippen LogP) is 0.983. The second-order valence-corrected chi connectivity index (χ2v) is 6.13. The van der Waals surface area contributed by atoms with Crippen LogP contribution < -0.4 is 5.32 Å². The Hall–Kier alpha value is -3.42. The molecule has 4 rings (SSSR count). The van der Waals surface area contributed by atoms with E-state index in [9.17, 15) is 9.59 Å². The summed E-state index contributed by atoms with van der Waals surface area (Å²) in [6.07, 6.45) is 5.32. The molecule has 1 unspecified atom stereocenters. The fourth-order valence-electron chi connectivity index (χ4n) is 3.14. The van der Waals surface area contributed by atoms with Gasteiger partial charge in [-0.2, -0.15) is 5.10 Å². The summed E-state index contributed by atoms with van der Waals surface area (Å²) in [5.41, 5.74) is 3.21. The van der Waals surface area contributed by atoms with E-state index in [1.54, 1.807) is 35.8 Å². The Kier molecular flexibility index (Phi) is 4.22. The van der Waals surface area contributed by atoms with Crippen LogP contribution in [-0.2, 0) is 11.2 Å². The molecule has 8 heteroatoms. The zero-order chi connectivity index (χ0) is 17.9. The Labute approximate surface area is 149 Å². The number of carbonyl (C=O) groups is 2. The zero-order valence-corrected chi connectivity index (χ0v) is 14.0. The number of hydrogen-bond donors (Lipinski definition) is 3. The van der Waals surface area contributed by atoms with Crippen LogP contribution in [0.4, 0.5) is 0 Å². The van der Waals surface area contributed by atoms with E-state index in [0.717, 1.165) is 17.0 Å². The summed E-state index contributed by atoms with van der Waals surface area (Å²) in [6, 6.07) is 8.61. The van der Waals surface area contributed by atoms with E-state index in [4.69, 9.17) is 0 Å². The van der Waals surface area contributed by atoms with Crippen molar-refractivity contribution in [3.05, 3.63) is 60.3 Å². The number of carbonyl (C=O) groups excluding carboxylic acids is 2. The molecule has 1 aliphatic rings. The number of nitrogens with one attached hydrogen (secondary N) is 3. The summed E-state index contributed by atoms with van der Waals surface area (Å²) < 4.78 is 0. The van der Waals surface area contributed by atoms with Gasteiger partial charge in [0.2, 0.25) is 5.91 Å². The van der Waals surface area contributed by atoms with Crippen LogP contribution in [0, 0.1) is 0 Å². The first-order chi connectivity index (χ1) is 12.7. The molecule has 1 saturated heterocycles. The van der Waals surface area contributed by atoms with Crippen LogP contribution in [0.15, 0.2) is 49.1 Å². The first-order valence-electron chi connectivity index (χ1n) is 8.38. The van der Waals surface area contributed by atoms with Gasteiger partial charge in [-0.25, -0.2) is 4.98 Å². The Morgan fingerprint density at radius 2 is 2.08 bits per heavy atom. The van der Waals surface area contributed by atoms with Gasteiger partial charge in [0.05, 0.1) is 12.0 Å². The van der Waals surface area contributed by atoms with Gasteiger partial charge in [-0.1, -0.05) is 12.1 Å². The van der Waals surface area contributed by atoms with Crippen LogP contribution in [-0.4, -0.2) is 56.0 Å². The van der Waals surface area contributed by atoms with E-state index < -0.39 is 6.04 Å². The van der Waals surface area contributed by atoms with Gasteiger partial charge < -0.3 is 15.2 Å². The van der Waals surface area contributed by atoms with Gasteiger partial charge in [-0.05, 0) is 23.8 Å². The Balaban J connectivity index is 1.55. The van der Waals surface area contributed by atoms with Crippen molar-refractivity contribution in [2.75, 3.05) is 13.1 Å². The Bertz CT molecular complexity index is 886. The van der Waals surface area contributed by atoms with Crippen molar-refractivity contribution in [3.63, 3.8) is 0 Å². The van der Waals surface area contributed by atoms with E-state index in [1.807, 2.05) is 18.2 Å². The van der Waals surface area contributed by atoms with Crippen LogP contribution >= 0.6 is 0 Å². The van der Waals surface area contributed by atoms with Crippen molar-refractivity contribution < 1.29 is 9.59 Å². The molecule has 0 bridgehead atoms. The number of rotatable bonds is 4. The SMILES string of the molecule is O=C1NCCN(C(=O)c2ccc(-c3ccn[nH]3)cc2)C1Cc1cnc[nH]1. The average Bonchev–Trinajstić information content (AvgIpc) is 3.37. The van der Waals surface area contributed by atoms with Gasteiger partial charge >= 0.3 is 0 Å². The number of nitrogens with zero attached hydrogens (tertiary/aromatic N) is 3. The van der Waals surface area contributed by atoms with Crippen LogP contribution in [0.3, 0.4) is 0 Å². The van der Waals surface area contributed by atoms with Crippen molar-refractivity contribution >= 4 is 11.8 Å². The summed E-state index contributed by atoms with van der Waals surface area (Å²) in [4.78, 5) is 33.9. The van der Waals surface area contributed by atoms with Crippen molar-refractivity contribution in [3.8, 4) is 11.3 Å². The third kappa shape index (κ3) is 3.08. The number of imidazole rings is 1. The molecule has 1 fully saturated rings. The molecule has 1 aromatic carbocycles. The fraction of sp³-hybridized carbons (Fsp3) is 0.222. The minimum absolute atomic E-state index is 0.145. The highest BCUT2D eigenvalue weighted by molar-refractivity contribution is 5.98. The number of benzene rings is 1. The lowest BCUT2D eigenvalue weighted by molar-refractivity contribution is -0.127. The summed E-state index contributed by atoms with van der Waals surface area (Å²) in [7, 11) is 0. The highest BCUT2D eigenvalue weighted by Crippen LogP contribution is 2.19. The van der Waals surface area contributed by atoms with Gasteiger partial charge in [0.15, 0.2) is 0 Å². The molecule has 0 aliphatic carbocycles. The fourth-order valence-corrected chi connectivity index (χ4v) is 3.14. The van der Waals surface area contributed by atoms with Gasteiger partial charge in [0.1, 0.15) is 6.04 Å². The van der Waals surface area contributed by atoms with E-state index in [0.29, 0.717) is 25.1 Å². The van der Waals surface area contributed by atoms with E-state index >= 15 is 0 Å². The van der Waals surface area contributed by atoms with Crippen LogP contribution in [0.2, 0.25) is 0 Å². The smallest absolute Gasteiger partial charge is 0.254 e. The zero-order valence-electron chi connectivity index (χ0n) is 14.0. The van der Waals surface area contributed by atoms with Crippen LogP contribution in [0.5, 0.6) is 0 Å². The topological polar surface area (TPSA) is 107 Å². The van der Waals surface area contributed by atoms with Crippen LogP contribution in [0.25, 0.3) is 11.3 Å². The molecule has 2 amide bonds. The molecule has 0 saturated carbocycles. The number of H-pyrrole nitrogens is 2. The number of hydrogen-bond acceptors (Lipinski definition) is 4. The Morgan fingerprint density at radius 1 is 1.23 bits per heavy atom. The highest BCUT2D eigenvalue weighted by Gasteiger charge is 2.33. The highest BCUT2D eigenvalue weighted by atomic mass is 16.2. The number of amides is 2. The number of aromatic nitrogens is 4. The lowest BCUT2D eigenvalue weighted by Crippen LogP contribution is -2.58. The molecule has 3 aromatic rings. The molecule has 0 spiro atoms. The van der Waals surface area contributed by atoms with E-state index in [1.165, 1.54) is 0 Å². The largest absolute Gasteiger partial charge is 0.353 e. The summed E-state index contributed by atoms with van der Waals surface area (Å²) in [5, 5.41) is 9.66. The molecule has 26 heavy (non-hydrogen) atoms. The maximum atomic E-state index is 13.0. The maximum Gasteiger partial charge on any atom is 0.254 e. The van der Waals surface area contributed by atoms with Crippen LogP contribution in [0.1, 0.15) is 16.1 Å². The van der Waals surface area contributed by atoms with Crippen molar-refractivity contribution in [2.45, 2.75) is 12.5 Å². The van der Waals surface area contributed by atoms with Crippen molar-refractivity contribution in [1.82, 2.24) is 30.4 Å². The molecular weight excluding hydrogens is 332 g/mol. The van der Waals surface area contributed by atoms with Gasteiger partial charge in [0.25, 0.3) is 5.91 Å². The molecule has 1 aliphatic heterocycles. The quantitative estimate of drug-likeness (QED) is 0.652. The molecular formula is C18H18N6O2. The van der Waals surface area contributed by atoms with Crippen molar-refractivity contribution in [1.29, 1.82) is 0 Å². The second kappa shape index (κ2) is 6.83. The predicted molar refractivity (Wildman–Crippen MR) is 94.1 cm³/mol. The molecule has 3 N–H and O–H groups in total. The van der Waals surface area contributed by atoms with Gasteiger partial charge in [-0.15, -0.1) is 0 Å². The number of aromatic amines is 2. The number of piperazine rings is 1. The molecule has 1 atom stereocenters. The maximum absolute atomic E-state index is 13.0. The molecule has 132 valence electrons. The minimum atomic E-state index is -0.552. The first kappa shape index (κ1) is 16.1. The Morgan fingerprint density at radius 3 is 2.77 bits per heavy atom. The van der Waals surface area contributed by atoms with Gasteiger partial charge in [0, 0.05) is 43.2 Å². The third-order valence-electron chi connectivity index (χ3n) is 4.50. The normalized spacial score (nSPS) is 17.2. The van der Waals surface area contributed by atoms with E-state index in [2.05, 4.69) is 25.5 Å². The average molecular weight is 350 g/mol. The standard InChI is InChI=1S/C18H18N6O2/c25-17-16(9-14-10-19-11-21-14)24(8-7-20-17)18(26)13-3-1-12(2-4-13)15-5-6-22-23-15/h1-6,10-11,16H,7-9H2,(H,19,21)(H,20,25)(H,22,23). The first-order valence-corrected chi connectivity index (χ1v) is 8.38. The summed E-state index contributed by atoms with van der Waals surface area (Å²) in [5.74, 6) is -0.297. The van der Waals surface area contributed by atoms with Gasteiger partial charge in [-0.3, -0.25) is 14.7 Å². The minimum Gasteiger partial charge on any atom is -0.353 e. The summed E-state index contributed by atoms with van der Waals surface area (Å²) >= 11 is 0. The lowest BCUT2D eigenvalue weighted by Gasteiger charge is -2.35. The second-order valence-electron chi connectivity index (χ2n) is 6.13. The molecule has 2 aromatic heterocycles. The van der Waals surface area contributed by atoms with E-state index in [-0.39, 0.29) is 11.8 Å². The monoisotopic (exact) mass is 350 g/mol. The lowest BCUT2D eigenvalue weighted by atomic mass is 10.0. The third-order valence-corrected chi connectivity index (χ3v) is 4.50. The molecule has 3 heterocycles. The summed E-state index contributed by atoms with van der Waals surface area (Å²) in [6.45, 7) is 0.932.